The highest BCUT2D eigenvalue weighted by Gasteiger charge is 2.17. The molecule has 22 heavy (non-hydrogen) atoms. The first-order chi connectivity index (χ1) is 9.31. The third-order valence-electron chi connectivity index (χ3n) is 3.35. The molecule has 0 saturated heterocycles. The number of hydrogen-bond donors (Lipinski definition) is 1. The number of nitrogens with zero attached hydrogens (tertiary/aromatic N) is 2. The van der Waals surface area contributed by atoms with Crippen LogP contribution in [-0.4, -0.2) is 35.4 Å². The van der Waals surface area contributed by atoms with Gasteiger partial charge in [-0.05, 0) is 18.3 Å². The van der Waals surface area contributed by atoms with E-state index in [4.69, 9.17) is 5.73 Å². The van der Waals surface area contributed by atoms with Crippen LogP contribution in [0.2, 0.25) is 0 Å². The molecule has 1 amide bonds. The van der Waals surface area contributed by atoms with E-state index in [-0.39, 0.29) is 36.8 Å². The van der Waals surface area contributed by atoms with E-state index in [1.165, 1.54) is 0 Å². The lowest BCUT2D eigenvalue weighted by molar-refractivity contribution is 0.0784. The molecular weight excluding hydrogens is 341 g/mol. The third-order valence-corrected chi connectivity index (χ3v) is 4.23. The summed E-state index contributed by atoms with van der Waals surface area (Å²) in [4.78, 5) is 18.4. The Balaban J connectivity index is 0. The fourth-order valence-corrected chi connectivity index (χ4v) is 2.81. The molecule has 7 heteroatoms. The van der Waals surface area contributed by atoms with Gasteiger partial charge in [-0.2, -0.15) is 0 Å². The minimum absolute atomic E-state index is 0. The Labute approximate surface area is 150 Å². The van der Waals surface area contributed by atoms with Crippen molar-refractivity contribution >= 4 is 42.1 Å². The molecule has 0 aliphatic rings. The zero-order chi connectivity index (χ0) is 15.3. The second kappa shape index (κ2) is 11.2. The van der Waals surface area contributed by atoms with Crippen molar-refractivity contribution in [1.82, 2.24) is 9.88 Å². The molecule has 1 rings (SSSR count). The topological polar surface area (TPSA) is 59.2 Å². The summed E-state index contributed by atoms with van der Waals surface area (Å²) in [6.45, 7) is 9.19. The molecule has 0 aromatic carbocycles. The minimum Gasteiger partial charge on any atom is -0.340 e. The van der Waals surface area contributed by atoms with E-state index >= 15 is 0 Å². The Morgan fingerprint density at radius 3 is 2.41 bits per heavy atom. The Kier molecular flexibility index (Phi) is 12.2. The molecule has 4 nitrogen and oxygen atoms in total. The van der Waals surface area contributed by atoms with Crippen LogP contribution >= 0.6 is 36.2 Å². The van der Waals surface area contributed by atoms with Crippen LogP contribution in [0.3, 0.4) is 0 Å². The first kappa shape index (κ1) is 23.9. The van der Waals surface area contributed by atoms with Crippen molar-refractivity contribution in [1.29, 1.82) is 0 Å². The Morgan fingerprint density at radius 2 is 1.91 bits per heavy atom. The van der Waals surface area contributed by atoms with Gasteiger partial charge >= 0.3 is 0 Å². The van der Waals surface area contributed by atoms with Crippen LogP contribution in [0.1, 0.15) is 49.6 Å². The number of aromatic nitrogens is 1. The number of hydrogen-bond acceptors (Lipinski definition) is 4. The molecule has 0 aliphatic heterocycles. The summed E-state index contributed by atoms with van der Waals surface area (Å²) >= 11 is 1.57. The Morgan fingerprint density at radius 1 is 1.32 bits per heavy atom. The molecule has 0 aliphatic carbocycles. The van der Waals surface area contributed by atoms with Gasteiger partial charge in [-0.1, -0.05) is 27.7 Å². The average molecular weight is 370 g/mol. The summed E-state index contributed by atoms with van der Waals surface area (Å²) < 4.78 is 0. The molecule has 1 unspecified atom stereocenters. The summed E-state index contributed by atoms with van der Waals surface area (Å²) in [7, 11) is 1.82. The number of carbonyl (C=O) groups excluding carboxylic acids is 1. The molecule has 0 fully saturated rings. The van der Waals surface area contributed by atoms with E-state index < -0.39 is 0 Å². The molecule has 1 aromatic rings. The predicted molar refractivity (Wildman–Crippen MR) is 99.5 cm³/mol. The maximum absolute atomic E-state index is 12.3. The lowest BCUT2D eigenvalue weighted by Gasteiger charge is -2.20. The van der Waals surface area contributed by atoms with Crippen LogP contribution < -0.4 is 5.73 Å². The van der Waals surface area contributed by atoms with Crippen LogP contribution in [0.15, 0.2) is 5.38 Å². The number of rotatable bonds is 7. The molecule has 0 saturated carbocycles. The maximum atomic E-state index is 12.3. The number of amides is 1. The standard InChI is InChI=1S/C15H27N3OS.2ClH/c1-10(2)8-14-17-13(9-20-14)15(19)18(5)7-6-12(16)11(3)4;;/h9-12H,6-8,16H2,1-5H3;2*1H. The molecule has 0 radical (unpaired) electrons. The largest absolute Gasteiger partial charge is 0.340 e. The van der Waals surface area contributed by atoms with Gasteiger partial charge in [0, 0.05) is 31.4 Å². The van der Waals surface area contributed by atoms with E-state index in [9.17, 15) is 4.79 Å². The monoisotopic (exact) mass is 369 g/mol. The van der Waals surface area contributed by atoms with Gasteiger partial charge < -0.3 is 10.6 Å². The lowest BCUT2D eigenvalue weighted by Crippen LogP contribution is -2.34. The van der Waals surface area contributed by atoms with Gasteiger partial charge in [0.15, 0.2) is 0 Å². The highest BCUT2D eigenvalue weighted by molar-refractivity contribution is 7.09. The van der Waals surface area contributed by atoms with Gasteiger partial charge in [0.05, 0.1) is 5.01 Å². The van der Waals surface area contributed by atoms with Gasteiger partial charge in [-0.3, -0.25) is 4.79 Å². The first-order valence-corrected chi connectivity index (χ1v) is 8.14. The van der Waals surface area contributed by atoms with Crippen molar-refractivity contribution < 1.29 is 4.79 Å². The summed E-state index contributed by atoms with van der Waals surface area (Å²) in [5.41, 5.74) is 6.57. The zero-order valence-corrected chi connectivity index (χ0v) is 16.5. The minimum atomic E-state index is -0.00721. The molecule has 130 valence electrons. The fraction of sp³-hybridized carbons (Fsp3) is 0.733. The van der Waals surface area contributed by atoms with Crippen molar-refractivity contribution in [3.63, 3.8) is 0 Å². The highest BCUT2D eigenvalue weighted by Crippen LogP contribution is 2.15. The van der Waals surface area contributed by atoms with Crippen LogP contribution in [-0.2, 0) is 6.42 Å². The van der Waals surface area contributed by atoms with Gasteiger partial charge in [-0.25, -0.2) is 4.98 Å². The summed E-state index contributed by atoms with van der Waals surface area (Å²) in [6.07, 6.45) is 1.75. The van der Waals surface area contributed by atoms with E-state index in [1.54, 1.807) is 16.2 Å². The average Bonchev–Trinajstić information content (AvgIpc) is 2.81. The van der Waals surface area contributed by atoms with Crippen molar-refractivity contribution in [2.45, 2.75) is 46.6 Å². The smallest absolute Gasteiger partial charge is 0.273 e. The first-order valence-electron chi connectivity index (χ1n) is 7.26. The second-order valence-electron chi connectivity index (χ2n) is 6.15. The highest BCUT2D eigenvalue weighted by atomic mass is 35.5. The fourth-order valence-electron chi connectivity index (χ4n) is 1.83. The Hall–Kier alpha value is -0.360. The number of thiazole rings is 1. The maximum Gasteiger partial charge on any atom is 0.273 e. The number of halogens is 2. The van der Waals surface area contributed by atoms with Crippen LogP contribution in [0.4, 0.5) is 0 Å². The van der Waals surface area contributed by atoms with Crippen LogP contribution in [0.5, 0.6) is 0 Å². The number of carbonyl (C=O) groups is 1. The van der Waals surface area contributed by atoms with E-state index in [1.807, 2.05) is 12.4 Å². The summed E-state index contributed by atoms with van der Waals surface area (Å²) in [5.74, 6) is 0.994. The molecular formula is C15H29Cl2N3OS. The van der Waals surface area contributed by atoms with Crippen molar-refractivity contribution in [3.8, 4) is 0 Å². The SMILES string of the molecule is CC(C)Cc1nc(C(=O)N(C)CCC(N)C(C)C)cs1.Cl.Cl. The molecule has 0 spiro atoms. The summed E-state index contributed by atoms with van der Waals surface area (Å²) in [5, 5.41) is 2.90. The lowest BCUT2D eigenvalue weighted by atomic mass is 10.0. The van der Waals surface area contributed by atoms with Crippen molar-refractivity contribution in [3.05, 3.63) is 16.1 Å². The summed E-state index contributed by atoms with van der Waals surface area (Å²) in [6, 6.07) is 0.136. The molecule has 0 bridgehead atoms. The van der Waals surface area contributed by atoms with Crippen molar-refractivity contribution in [2.24, 2.45) is 17.6 Å². The molecule has 1 aromatic heterocycles. The van der Waals surface area contributed by atoms with Gasteiger partial charge in [0.25, 0.3) is 5.91 Å². The van der Waals surface area contributed by atoms with Gasteiger partial charge in [0.2, 0.25) is 0 Å². The van der Waals surface area contributed by atoms with E-state index in [0.29, 0.717) is 24.1 Å². The van der Waals surface area contributed by atoms with Crippen molar-refractivity contribution in [2.75, 3.05) is 13.6 Å². The predicted octanol–water partition coefficient (Wildman–Crippen LogP) is 3.63. The van der Waals surface area contributed by atoms with Gasteiger partial charge in [-0.15, -0.1) is 36.2 Å². The normalized spacial score (nSPS) is 11.8. The quantitative estimate of drug-likeness (QED) is 0.797. The van der Waals surface area contributed by atoms with E-state index in [0.717, 1.165) is 17.8 Å². The Bertz CT molecular complexity index is 438. The van der Waals surface area contributed by atoms with Crippen LogP contribution in [0.25, 0.3) is 0 Å². The molecule has 1 atom stereocenters. The van der Waals surface area contributed by atoms with Gasteiger partial charge in [0.1, 0.15) is 5.69 Å². The zero-order valence-electron chi connectivity index (χ0n) is 14.0. The number of nitrogens with two attached hydrogens (primary N) is 1. The second-order valence-corrected chi connectivity index (χ2v) is 7.09. The molecule has 1 heterocycles. The van der Waals surface area contributed by atoms with E-state index in [2.05, 4.69) is 32.7 Å². The third kappa shape index (κ3) is 7.77. The van der Waals surface area contributed by atoms with Crippen LogP contribution in [0, 0.1) is 11.8 Å². The molecule has 2 N–H and O–H groups in total.